The van der Waals surface area contributed by atoms with Crippen molar-refractivity contribution in [3.05, 3.63) is 46.3 Å². The third kappa shape index (κ3) is 3.21. The third-order valence-electron chi connectivity index (χ3n) is 3.27. The summed E-state index contributed by atoms with van der Waals surface area (Å²) in [5.74, 6) is 0.861. The Morgan fingerprint density at radius 3 is 2.76 bits per heavy atom. The Morgan fingerprint density at radius 1 is 1.19 bits per heavy atom. The van der Waals surface area contributed by atoms with Crippen LogP contribution < -0.4 is 16.0 Å². The summed E-state index contributed by atoms with van der Waals surface area (Å²) >= 11 is 3.45. The molecule has 5 N–H and O–H groups in total. The lowest BCUT2D eigenvalue weighted by atomic mass is 10.1. The molecule has 0 saturated carbocycles. The Balaban J connectivity index is 1.75. The number of anilines is 2. The summed E-state index contributed by atoms with van der Waals surface area (Å²) in [4.78, 5) is 0. The molecule has 2 unspecified atom stereocenters. The lowest BCUT2D eigenvalue weighted by Gasteiger charge is -2.31. The van der Waals surface area contributed by atoms with Crippen LogP contribution in [-0.2, 0) is 13.1 Å². The van der Waals surface area contributed by atoms with Crippen molar-refractivity contribution in [3.8, 4) is 0 Å². The number of hydrogen-bond donors (Lipinski definition) is 5. The first-order valence-electron chi connectivity index (χ1n) is 6.58. The number of fused-ring (bicyclic) bond motifs is 1. The average molecular weight is 354 g/mol. The van der Waals surface area contributed by atoms with Gasteiger partial charge in [-0.1, -0.05) is 15.9 Å². The molecule has 2 aromatic rings. The normalized spacial score (nSPS) is 20.5. The van der Waals surface area contributed by atoms with Gasteiger partial charge in [0, 0.05) is 11.0 Å². The second-order valence-corrected chi connectivity index (χ2v) is 5.76. The predicted octanol–water partition coefficient (Wildman–Crippen LogP) is 1.81. The van der Waals surface area contributed by atoms with E-state index in [1.54, 1.807) is 6.26 Å². The maximum atomic E-state index is 9.72. The molecular formula is C14H16BrN3O3. The fourth-order valence-corrected chi connectivity index (χ4v) is 2.79. The zero-order valence-electron chi connectivity index (χ0n) is 11.1. The summed E-state index contributed by atoms with van der Waals surface area (Å²) in [7, 11) is 0. The molecule has 6 nitrogen and oxygen atoms in total. The second kappa shape index (κ2) is 6.07. The van der Waals surface area contributed by atoms with Crippen LogP contribution in [0.1, 0.15) is 11.3 Å². The number of nitrogens with one attached hydrogen (secondary N) is 3. The van der Waals surface area contributed by atoms with Gasteiger partial charge in [-0.3, -0.25) is 0 Å². The molecule has 0 bridgehead atoms. The van der Waals surface area contributed by atoms with Gasteiger partial charge in [0.05, 0.1) is 24.2 Å². The summed E-state index contributed by atoms with van der Waals surface area (Å²) < 4.78 is 6.16. The second-order valence-electron chi connectivity index (χ2n) is 4.85. The minimum atomic E-state index is -1.04. The molecule has 1 aromatic heterocycles. The predicted molar refractivity (Wildman–Crippen MR) is 82.7 cm³/mol. The van der Waals surface area contributed by atoms with Crippen LogP contribution in [0.5, 0.6) is 0 Å². The van der Waals surface area contributed by atoms with Crippen LogP contribution in [0.3, 0.4) is 0 Å². The topological polar surface area (TPSA) is 89.7 Å². The number of furan rings is 1. The lowest BCUT2D eigenvalue weighted by molar-refractivity contribution is 0.0527. The van der Waals surface area contributed by atoms with Crippen LogP contribution in [-0.4, -0.2) is 22.7 Å². The van der Waals surface area contributed by atoms with Crippen LogP contribution in [0.2, 0.25) is 0 Å². The minimum absolute atomic E-state index is 0.597. The Kier molecular flexibility index (Phi) is 4.16. The molecule has 7 heteroatoms. The highest BCUT2D eigenvalue weighted by molar-refractivity contribution is 9.10. The van der Waals surface area contributed by atoms with Gasteiger partial charge in [0.25, 0.3) is 0 Å². The van der Waals surface area contributed by atoms with E-state index in [0.29, 0.717) is 13.1 Å². The van der Waals surface area contributed by atoms with Gasteiger partial charge >= 0.3 is 0 Å². The zero-order chi connectivity index (χ0) is 14.8. The van der Waals surface area contributed by atoms with Gasteiger partial charge in [-0.2, -0.15) is 0 Å². The van der Waals surface area contributed by atoms with E-state index in [4.69, 9.17) is 4.42 Å². The van der Waals surface area contributed by atoms with Crippen LogP contribution >= 0.6 is 15.9 Å². The average Bonchev–Trinajstić information content (AvgIpc) is 2.94. The van der Waals surface area contributed by atoms with Gasteiger partial charge in [-0.25, -0.2) is 0 Å². The van der Waals surface area contributed by atoms with Crippen molar-refractivity contribution in [2.75, 3.05) is 10.6 Å². The molecular weight excluding hydrogens is 338 g/mol. The van der Waals surface area contributed by atoms with Gasteiger partial charge in [-0.05, 0) is 29.8 Å². The van der Waals surface area contributed by atoms with Crippen molar-refractivity contribution in [2.24, 2.45) is 0 Å². The summed E-state index contributed by atoms with van der Waals surface area (Å²) in [5, 5.41) is 28.4. The molecule has 0 amide bonds. The largest absolute Gasteiger partial charge is 0.468 e. The first-order chi connectivity index (χ1) is 10.1. The van der Waals surface area contributed by atoms with Gasteiger partial charge in [0.2, 0.25) is 0 Å². The maximum absolute atomic E-state index is 9.72. The van der Waals surface area contributed by atoms with E-state index in [-0.39, 0.29) is 0 Å². The highest BCUT2D eigenvalue weighted by Crippen LogP contribution is 2.34. The van der Waals surface area contributed by atoms with Crippen LogP contribution in [0, 0.1) is 0 Å². The highest BCUT2D eigenvalue weighted by Gasteiger charge is 2.25. The SMILES string of the molecule is OC1Nc2cc(Br)cc(CNCc3ccco3)c2NC1O. The third-order valence-corrected chi connectivity index (χ3v) is 3.73. The van der Waals surface area contributed by atoms with E-state index >= 15 is 0 Å². The number of hydrogen-bond acceptors (Lipinski definition) is 6. The Hall–Kier alpha value is -1.54. The molecule has 0 saturated heterocycles. The molecule has 0 aliphatic carbocycles. The van der Waals surface area contributed by atoms with Gasteiger partial charge in [0.1, 0.15) is 5.76 Å². The molecule has 2 heterocycles. The molecule has 1 aromatic carbocycles. The van der Waals surface area contributed by atoms with Crippen molar-refractivity contribution in [1.82, 2.24) is 5.32 Å². The Labute approximate surface area is 130 Å². The zero-order valence-corrected chi connectivity index (χ0v) is 12.7. The van der Waals surface area contributed by atoms with Crippen LogP contribution in [0.4, 0.5) is 11.4 Å². The quantitative estimate of drug-likeness (QED) is 0.576. The van der Waals surface area contributed by atoms with Crippen molar-refractivity contribution in [1.29, 1.82) is 0 Å². The summed E-state index contributed by atoms with van der Waals surface area (Å²) in [6.07, 6.45) is -0.431. The first-order valence-corrected chi connectivity index (χ1v) is 7.37. The fraction of sp³-hybridized carbons (Fsp3) is 0.286. The van der Waals surface area contributed by atoms with E-state index in [0.717, 1.165) is 27.2 Å². The molecule has 21 heavy (non-hydrogen) atoms. The fourth-order valence-electron chi connectivity index (χ4n) is 2.29. The first kappa shape index (κ1) is 14.4. The molecule has 1 aliphatic rings. The molecule has 3 rings (SSSR count). The molecule has 0 fully saturated rings. The van der Waals surface area contributed by atoms with E-state index < -0.39 is 12.5 Å². The molecule has 2 atom stereocenters. The number of rotatable bonds is 4. The highest BCUT2D eigenvalue weighted by atomic mass is 79.9. The standard InChI is InChI=1S/C14H16BrN3O3/c15-9-4-8(6-16-7-10-2-1-3-21-10)12-11(5-9)17-13(19)14(20)18-12/h1-5,13-14,16-20H,6-7H2. The molecule has 0 radical (unpaired) electrons. The van der Waals surface area contributed by atoms with E-state index in [9.17, 15) is 10.2 Å². The monoisotopic (exact) mass is 353 g/mol. The van der Waals surface area contributed by atoms with E-state index in [1.807, 2.05) is 24.3 Å². The van der Waals surface area contributed by atoms with Crippen LogP contribution in [0.15, 0.2) is 39.4 Å². The summed E-state index contributed by atoms with van der Waals surface area (Å²) in [6.45, 7) is 1.22. The van der Waals surface area contributed by atoms with Gasteiger partial charge in [0.15, 0.2) is 12.5 Å². The van der Waals surface area contributed by atoms with Crippen molar-refractivity contribution >= 4 is 27.3 Å². The minimum Gasteiger partial charge on any atom is -0.468 e. The van der Waals surface area contributed by atoms with Gasteiger partial charge < -0.3 is 30.6 Å². The van der Waals surface area contributed by atoms with Gasteiger partial charge in [-0.15, -0.1) is 0 Å². The number of halogens is 1. The van der Waals surface area contributed by atoms with Crippen LogP contribution in [0.25, 0.3) is 0 Å². The molecule has 1 aliphatic heterocycles. The maximum Gasteiger partial charge on any atom is 0.169 e. The van der Waals surface area contributed by atoms with Crippen molar-refractivity contribution in [3.63, 3.8) is 0 Å². The Bertz CT molecular complexity index is 618. The number of aliphatic hydroxyl groups is 2. The summed E-state index contributed by atoms with van der Waals surface area (Å²) in [6, 6.07) is 7.57. The van der Waals surface area contributed by atoms with Crippen molar-refractivity contribution < 1.29 is 14.6 Å². The van der Waals surface area contributed by atoms with E-state index in [2.05, 4.69) is 31.9 Å². The molecule has 0 spiro atoms. The Morgan fingerprint density at radius 2 is 2.00 bits per heavy atom. The van der Waals surface area contributed by atoms with E-state index in [1.165, 1.54) is 0 Å². The van der Waals surface area contributed by atoms with Crippen molar-refractivity contribution in [2.45, 2.75) is 25.5 Å². The lowest BCUT2D eigenvalue weighted by Crippen LogP contribution is -2.43. The smallest absolute Gasteiger partial charge is 0.169 e. The summed E-state index contributed by atoms with van der Waals surface area (Å²) in [5.41, 5.74) is 2.50. The molecule has 112 valence electrons. The number of aliphatic hydroxyl groups excluding tert-OH is 2. The number of benzene rings is 1.